The number of likely N-dealkylation sites (N-methyl/N-ethyl adjacent to an activating group) is 1. The number of nitrogens with zero attached hydrogens (tertiary/aromatic N) is 4. The van der Waals surface area contributed by atoms with E-state index in [9.17, 15) is 9.90 Å². The minimum absolute atomic E-state index is 0.0349. The molecule has 2 aromatic rings. The van der Waals surface area contributed by atoms with Crippen molar-refractivity contribution in [3.05, 3.63) is 30.1 Å². The Balaban J connectivity index is 1.44. The molecule has 0 saturated carbocycles. The Bertz CT molecular complexity index is 768. The first-order valence-corrected chi connectivity index (χ1v) is 9.45. The third-order valence-corrected chi connectivity index (χ3v) is 5.80. The van der Waals surface area contributed by atoms with Gasteiger partial charge in [0.05, 0.1) is 23.5 Å². The lowest BCUT2D eigenvalue weighted by atomic mass is 10.0. The van der Waals surface area contributed by atoms with Crippen LogP contribution in [0.4, 0.5) is 0 Å². The number of benzene rings is 1. The number of H-pyrrole nitrogens is 1. The maximum Gasteiger partial charge on any atom is 0.253 e. The fourth-order valence-corrected chi connectivity index (χ4v) is 4.11. The summed E-state index contributed by atoms with van der Waals surface area (Å²) in [6, 6.07) is 5.73. The zero-order chi connectivity index (χ0) is 18.1. The van der Waals surface area contributed by atoms with Crippen molar-refractivity contribution in [2.45, 2.75) is 25.0 Å². The summed E-state index contributed by atoms with van der Waals surface area (Å²) >= 11 is 0. The second kappa shape index (κ2) is 7.34. The summed E-state index contributed by atoms with van der Waals surface area (Å²) < 4.78 is 0. The molecular formula is C19H27N5O2. The number of piperazine rings is 1. The van der Waals surface area contributed by atoms with Crippen LogP contribution in [0.15, 0.2) is 24.5 Å². The van der Waals surface area contributed by atoms with E-state index in [0.717, 1.165) is 43.6 Å². The summed E-state index contributed by atoms with van der Waals surface area (Å²) in [5, 5.41) is 10.6. The Morgan fingerprint density at radius 2 is 1.92 bits per heavy atom. The number of amides is 1. The van der Waals surface area contributed by atoms with Crippen molar-refractivity contribution in [1.29, 1.82) is 0 Å². The molecule has 2 N–H and O–H groups in total. The highest BCUT2D eigenvalue weighted by molar-refractivity contribution is 5.97. The van der Waals surface area contributed by atoms with Gasteiger partial charge in [0.2, 0.25) is 0 Å². The molecule has 2 fully saturated rings. The third-order valence-electron chi connectivity index (χ3n) is 5.80. The van der Waals surface area contributed by atoms with Crippen LogP contribution in [-0.4, -0.2) is 94.1 Å². The van der Waals surface area contributed by atoms with E-state index in [-0.39, 0.29) is 18.1 Å². The zero-order valence-corrected chi connectivity index (χ0v) is 15.3. The van der Waals surface area contributed by atoms with E-state index in [2.05, 4.69) is 26.8 Å². The zero-order valence-electron chi connectivity index (χ0n) is 15.3. The first-order valence-electron chi connectivity index (χ1n) is 9.45. The molecule has 2 aliphatic rings. The SMILES string of the molecule is CN1CCN([C@H]2CCN(C(=O)c3ccc4nc[nH]c4c3)CC[C@@H]2O)CC1. The lowest BCUT2D eigenvalue weighted by Crippen LogP contribution is -2.52. The van der Waals surface area contributed by atoms with Gasteiger partial charge < -0.3 is 19.9 Å². The summed E-state index contributed by atoms with van der Waals surface area (Å²) in [7, 11) is 2.14. The molecule has 1 aromatic heterocycles. The molecule has 2 aliphatic heterocycles. The molecule has 0 unspecified atom stereocenters. The van der Waals surface area contributed by atoms with Crippen LogP contribution in [0.25, 0.3) is 11.0 Å². The number of aliphatic hydroxyl groups excluding tert-OH is 1. The second-order valence-corrected chi connectivity index (χ2v) is 7.48. The Kier molecular flexibility index (Phi) is 4.93. The Labute approximate surface area is 153 Å². The van der Waals surface area contributed by atoms with Crippen LogP contribution >= 0.6 is 0 Å². The number of carbonyl (C=O) groups is 1. The van der Waals surface area contributed by atoms with Gasteiger partial charge in [-0.1, -0.05) is 0 Å². The summed E-state index contributed by atoms with van der Waals surface area (Å²) in [6.45, 7) is 5.34. The number of likely N-dealkylation sites (tertiary alicyclic amines) is 1. The number of hydrogen-bond donors (Lipinski definition) is 2. The lowest BCUT2D eigenvalue weighted by Gasteiger charge is -2.39. The van der Waals surface area contributed by atoms with Gasteiger partial charge in [-0.05, 0) is 38.1 Å². The highest BCUT2D eigenvalue weighted by Crippen LogP contribution is 2.21. The second-order valence-electron chi connectivity index (χ2n) is 7.48. The van der Waals surface area contributed by atoms with Gasteiger partial charge in [0, 0.05) is 50.9 Å². The Morgan fingerprint density at radius 3 is 2.73 bits per heavy atom. The predicted octanol–water partition coefficient (Wildman–Crippen LogP) is 0.776. The normalized spacial score (nSPS) is 26.2. The van der Waals surface area contributed by atoms with E-state index in [0.29, 0.717) is 25.1 Å². The lowest BCUT2D eigenvalue weighted by molar-refractivity contribution is 0.0224. The van der Waals surface area contributed by atoms with Crippen molar-refractivity contribution < 1.29 is 9.90 Å². The van der Waals surface area contributed by atoms with Crippen molar-refractivity contribution >= 4 is 16.9 Å². The summed E-state index contributed by atoms with van der Waals surface area (Å²) in [5.41, 5.74) is 2.42. The molecule has 3 heterocycles. The topological polar surface area (TPSA) is 75.7 Å². The third kappa shape index (κ3) is 3.47. The minimum Gasteiger partial charge on any atom is -0.391 e. The van der Waals surface area contributed by atoms with E-state index < -0.39 is 0 Å². The van der Waals surface area contributed by atoms with Gasteiger partial charge in [-0.3, -0.25) is 9.69 Å². The van der Waals surface area contributed by atoms with E-state index in [1.54, 1.807) is 6.33 Å². The number of imidazole rings is 1. The van der Waals surface area contributed by atoms with Gasteiger partial charge in [0.15, 0.2) is 0 Å². The molecule has 4 rings (SSSR count). The number of carbonyl (C=O) groups excluding carboxylic acids is 1. The highest BCUT2D eigenvalue weighted by Gasteiger charge is 2.32. The molecule has 2 saturated heterocycles. The summed E-state index contributed by atoms with van der Waals surface area (Å²) in [4.78, 5) is 26.8. The maximum atomic E-state index is 12.9. The van der Waals surface area contributed by atoms with Crippen LogP contribution in [0.1, 0.15) is 23.2 Å². The highest BCUT2D eigenvalue weighted by atomic mass is 16.3. The minimum atomic E-state index is -0.369. The van der Waals surface area contributed by atoms with E-state index >= 15 is 0 Å². The molecule has 1 amide bonds. The fraction of sp³-hybridized carbons (Fsp3) is 0.579. The molecule has 1 aromatic carbocycles. The molecule has 0 aliphatic carbocycles. The smallest absolute Gasteiger partial charge is 0.253 e. The number of aromatic nitrogens is 2. The van der Waals surface area contributed by atoms with Crippen LogP contribution in [0, 0.1) is 0 Å². The Hall–Kier alpha value is -1.96. The number of aliphatic hydroxyl groups is 1. The van der Waals surface area contributed by atoms with Crippen molar-refractivity contribution in [1.82, 2.24) is 24.7 Å². The van der Waals surface area contributed by atoms with Gasteiger partial charge in [0.25, 0.3) is 5.91 Å². The van der Waals surface area contributed by atoms with Gasteiger partial charge in [-0.25, -0.2) is 4.98 Å². The predicted molar refractivity (Wildman–Crippen MR) is 100 cm³/mol. The van der Waals surface area contributed by atoms with Gasteiger partial charge in [-0.15, -0.1) is 0 Å². The van der Waals surface area contributed by atoms with Crippen LogP contribution in [-0.2, 0) is 0 Å². The molecule has 26 heavy (non-hydrogen) atoms. The molecule has 2 atom stereocenters. The largest absolute Gasteiger partial charge is 0.391 e. The van der Waals surface area contributed by atoms with Crippen LogP contribution in [0.2, 0.25) is 0 Å². The molecule has 0 spiro atoms. The van der Waals surface area contributed by atoms with Crippen molar-refractivity contribution in [3.8, 4) is 0 Å². The van der Waals surface area contributed by atoms with Crippen molar-refractivity contribution in [3.63, 3.8) is 0 Å². The summed E-state index contributed by atoms with van der Waals surface area (Å²) in [5.74, 6) is 0.0349. The Morgan fingerprint density at radius 1 is 1.15 bits per heavy atom. The van der Waals surface area contributed by atoms with Crippen molar-refractivity contribution in [2.75, 3.05) is 46.3 Å². The standard InChI is InChI=1S/C19H27N5O2/c1-22-8-10-23(11-9-22)17-4-6-24(7-5-18(17)25)19(26)14-2-3-15-16(12-14)21-13-20-15/h2-3,12-13,17-18,25H,4-11H2,1H3,(H,20,21)/t17-,18-/m0/s1. The molecule has 140 valence electrons. The first-order chi connectivity index (χ1) is 12.6. The number of fused-ring (bicyclic) bond motifs is 1. The quantitative estimate of drug-likeness (QED) is 0.831. The van der Waals surface area contributed by atoms with Crippen LogP contribution in [0.5, 0.6) is 0 Å². The first kappa shape index (κ1) is 17.5. The maximum absolute atomic E-state index is 12.9. The van der Waals surface area contributed by atoms with Crippen molar-refractivity contribution in [2.24, 2.45) is 0 Å². The van der Waals surface area contributed by atoms with Crippen LogP contribution in [0.3, 0.4) is 0 Å². The molecule has 7 nitrogen and oxygen atoms in total. The average Bonchev–Trinajstić information content (AvgIpc) is 3.04. The number of aromatic amines is 1. The van der Waals surface area contributed by atoms with E-state index in [1.807, 2.05) is 23.1 Å². The average molecular weight is 357 g/mol. The summed E-state index contributed by atoms with van der Waals surface area (Å²) in [6.07, 6.45) is 2.73. The molecule has 7 heteroatoms. The van der Waals surface area contributed by atoms with Gasteiger partial charge in [0.1, 0.15) is 0 Å². The van der Waals surface area contributed by atoms with E-state index in [1.165, 1.54) is 0 Å². The van der Waals surface area contributed by atoms with Gasteiger partial charge >= 0.3 is 0 Å². The molecule has 0 bridgehead atoms. The molecular weight excluding hydrogens is 330 g/mol. The number of rotatable bonds is 2. The van der Waals surface area contributed by atoms with E-state index in [4.69, 9.17) is 0 Å². The fourth-order valence-electron chi connectivity index (χ4n) is 4.11. The van der Waals surface area contributed by atoms with Crippen LogP contribution < -0.4 is 0 Å². The van der Waals surface area contributed by atoms with Gasteiger partial charge in [-0.2, -0.15) is 0 Å². The number of nitrogens with one attached hydrogen (secondary N) is 1. The number of hydrogen-bond acceptors (Lipinski definition) is 5. The monoisotopic (exact) mass is 357 g/mol. The molecule has 0 radical (unpaired) electrons.